The average molecular weight is 339 g/mol. The van der Waals surface area contributed by atoms with Crippen LogP contribution in [0.1, 0.15) is 31.2 Å². The average Bonchev–Trinajstić information content (AvgIpc) is 2.64. The third kappa shape index (κ3) is 4.04. The predicted octanol–water partition coefficient (Wildman–Crippen LogP) is 4.90. The molecule has 3 atom stereocenters. The molecule has 2 aromatic carbocycles. The lowest BCUT2D eigenvalue weighted by Gasteiger charge is -2.46. The van der Waals surface area contributed by atoms with Gasteiger partial charge < -0.3 is 4.74 Å². The van der Waals surface area contributed by atoms with Gasteiger partial charge in [0.1, 0.15) is 17.7 Å². The quantitative estimate of drug-likeness (QED) is 0.786. The van der Waals surface area contributed by atoms with Crippen molar-refractivity contribution in [3.8, 4) is 5.75 Å². The van der Waals surface area contributed by atoms with E-state index in [2.05, 4.69) is 35.2 Å². The van der Waals surface area contributed by atoms with E-state index >= 15 is 0 Å². The predicted molar refractivity (Wildman–Crippen MR) is 98.0 cm³/mol. The minimum Gasteiger partial charge on any atom is -0.489 e. The standard InChI is InChI=1S/C22H26FNO/c23-19-10-12-20(13-11-19)25-22-16-24(14-17-6-2-1-3-7-17)15-18-8-4-5-9-21(18)22/h1-3,6-7,10-13,18,21-22H,4-5,8-9,14-16H2. The zero-order valence-electron chi connectivity index (χ0n) is 14.6. The summed E-state index contributed by atoms with van der Waals surface area (Å²) in [6.07, 6.45) is 5.41. The first-order chi connectivity index (χ1) is 12.3. The Morgan fingerprint density at radius 2 is 1.68 bits per heavy atom. The highest BCUT2D eigenvalue weighted by molar-refractivity contribution is 5.23. The lowest BCUT2D eigenvalue weighted by Crippen LogP contribution is -2.52. The highest BCUT2D eigenvalue weighted by atomic mass is 19.1. The Morgan fingerprint density at radius 3 is 2.48 bits per heavy atom. The normalized spacial score (nSPS) is 26.8. The second kappa shape index (κ2) is 7.57. The van der Waals surface area contributed by atoms with Gasteiger partial charge in [-0.05, 0) is 48.6 Å². The summed E-state index contributed by atoms with van der Waals surface area (Å²) in [7, 11) is 0. The number of nitrogens with zero attached hydrogens (tertiary/aromatic N) is 1. The summed E-state index contributed by atoms with van der Waals surface area (Å²) in [6.45, 7) is 3.10. The van der Waals surface area contributed by atoms with Crippen molar-refractivity contribution < 1.29 is 9.13 Å². The van der Waals surface area contributed by atoms with Gasteiger partial charge in [0.05, 0.1) is 0 Å². The van der Waals surface area contributed by atoms with Gasteiger partial charge in [0.25, 0.3) is 0 Å². The Bertz CT molecular complexity index is 672. The van der Waals surface area contributed by atoms with Crippen molar-refractivity contribution in [2.75, 3.05) is 13.1 Å². The van der Waals surface area contributed by atoms with Gasteiger partial charge in [-0.1, -0.05) is 43.2 Å². The topological polar surface area (TPSA) is 12.5 Å². The zero-order valence-corrected chi connectivity index (χ0v) is 14.6. The van der Waals surface area contributed by atoms with E-state index in [4.69, 9.17) is 4.74 Å². The first-order valence-corrected chi connectivity index (χ1v) is 9.46. The summed E-state index contributed by atoms with van der Waals surface area (Å²) in [5.74, 6) is 1.93. The number of benzene rings is 2. The van der Waals surface area contributed by atoms with E-state index in [1.807, 2.05) is 0 Å². The molecule has 2 nitrogen and oxygen atoms in total. The highest BCUT2D eigenvalue weighted by Crippen LogP contribution is 2.38. The SMILES string of the molecule is Fc1ccc(OC2CN(Cc3ccccc3)CC3CCCCC32)cc1. The molecule has 2 aromatic rings. The fourth-order valence-electron chi connectivity index (χ4n) is 4.53. The molecule has 3 heteroatoms. The fraction of sp³-hybridized carbons (Fsp3) is 0.455. The van der Waals surface area contributed by atoms with Gasteiger partial charge in [0, 0.05) is 25.6 Å². The molecular weight excluding hydrogens is 313 g/mol. The second-order valence-corrected chi connectivity index (χ2v) is 7.50. The largest absolute Gasteiger partial charge is 0.489 e. The van der Waals surface area contributed by atoms with Crippen molar-refractivity contribution in [3.63, 3.8) is 0 Å². The summed E-state index contributed by atoms with van der Waals surface area (Å²) >= 11 is 0. The molecule has 1 saturated carbocycles. The number of hydrogen-bond donors (Lipinski definition) is 0. The van der Waals surface area contributed by atoms with E-state index in [1.54, 1.807) is 12.1 Å². The number of rotatable bonds is 4. The van der Waals surface area contributed by atoms with Crippen LogP contribution < -0.4 is 4.74 Å². The minimum absolute atomic E-state index is 0.202. The van der Waals surface area contributed by atoms with Crippen LogP contribution in [-0.4, -0.2) is 24.1 Å². The number of ether oxygens (including phenoxy) is 1. The number of fused-ring (bicyclic) bond motifs is 1. The molecule has 25 heavy (non-hydrogen) atoms. The van der Waals surface area contributed by atoms with E-state index in [0.717, 1.165) is 24.8 Å². The van der Waals surface area contributed by atoms with Crippen molar-refractivity contribution in [2.45, 2.75) is 38.3 Å². The summed E-state index contributed by atoms with van der Waals surface area (Å²) in [6, 6.07) is 17.1. The maximum Gasteiger partial charge on any atom is 0.123 e. The molecule has 0 aromatic heterocycles. The van der Waals surface area contributed by atoms with Crippen molar-refractivity contribution in [3.05, 3.63) is 66.0 Å². The molecule has 1 heterocycles. The van der Waals surface area contributed by atoms with Crippen molar-refractivity contribution in [2.24, 2.45) is 11.8 Å². The maximum atomic E-state index is 13.2. The lowest BCUT2D eigenvalue weighted by atomic mass is 9.73. The van der Waals surface area contributed by atoms with E-state index < -0.39 is 0 Å². The van der Waals surface area contributed by atoms with Crippen molar-refractivity contribution >= 4 is 0 Å². The Labute approximate surface area is 149 Å². The molecule has 1 aliphatic heterocycles. The maximum absolute atomic E-state index is 13.2. The Kier molecular flexibility index (Phi) is 5.02. The minimum atomic E-state index is -0.211. The molecule has 1 aliphatic carbocycles. The van der Waals surface area contributed by atoms with Gasteiger partial charge in [0.15, 0.2) is 0 Å². The van der Waals surface area contributed by atoms with Crippen LogP contribution in [0, 0.1) is 17.7 Å². The molecule has 132 valence electrons. The van der Waals surface area contributed by atoms with Gasteiger partial charge in [-0.2, -0.15) is 0 Å². The van der Waals surface area contributed by atoms with Crippen molar-refractivity contribution in [1.29, 1.82) is 0 Å². The molecule has 4 rings (SSSR count). The molecule has 0 spiro atoms. The van der Waals surface area contributed by atoms with E-state index in [9.17, 15) is 4.39 Å². The van der Waals surface area contributed by atoms with Gasteiger partial charge in [-0.3, -0.25) is 4.90 Å². The second-order valence-electron chi connectivity index (χ2n) is 7.50. The third-order valence-corrected chi connectivity index (χ3v) is 5.73. The van der Waals surface area contributed by atoms with Gasteiger partial charge in [0.2, 0.25) is 0 Å². The van der Waals surface area contributed by atoms with Gasteiger partial charge >= 0.3 is 0 Å². The molecule has 0 amide bonds. The van der Waals surface area contributed by atoms with E-state index in [-0.39, 0.29) is 11.9 Å². The molecule has 0 radical (unpaired) electrons. The molecule has 1 saturated heterocycles. The Hall–Kier alpha value is -1.87. The summed E-state index contributed by atoms with van der Waals surface area (Å²) < 4.78 is 19.5. The number of likely N-dealkylation sites (tertiary alicyclic amines) is 1. The van der Waals surface area contributed by atoms with E-state index in [0.29, 0.717) is 5.92 Å². The number of hydrogen-bond acceptors (Lipinski definition) is 2. The molecule has 0 N–H and O–H groups in total. The molecule has 0 bridgehead atoms. The summed E-state index contributed by atoms with van der Waals surface area (Å²) in [5.41, 5.74) is 1.36. The summed E-state index contributed by atoms with van der Waals surface area (Å²) in [4.78, 5) is 2.54. The molecular formula is C22H26FNO. The van der Waals surface area contributed by atoms with Gasteiger partial charge in [-0.15, -0.1) is 0 Å². The van der Waals surface area contributed by atoms with Crippen LogP contribution in [0.3, 0.4) is 0 Å². The lowest BCUT2D eigenvalue weighted by molar-refractivity contribution is -0.0217. The monoisotopic (exact) mass is 339 g/mol. The first kappa shape index (κ1) is 16.6. The van der Waals surface area contributed by atoms with Crippen molar-refractivity contribution in [1.82, 2.24) is 4.90 Å². The number of halogens is 1. The van der Waals surface area contributed by atoms with Gasteiger partial charge in [-0.25, -0.2) is 4.39 Å². The highest BCUT2D eigenvalue weighted by Gasteiger charge is 2.39. The molecule has 2 aliphatic rings. The molecule has 2 fully saturated rings. The fourth-order valence-corrected chi connectivity index (χ4v) is 4.53. The van der Waals surface area contributed by atoms with Crippen LogP contribution in [0.4, 0.5) is 4.39 Å². The number of piperidine rings is 1. The summed E-state index contributed by atoms with van der Waals surface area (Å²) in [5, 5.41) is 0. The first-order valence-electron chi connectivity index (χ1n) is 9.46. The van der Waals surface area contributed by atoms with Crippen LogP contribution in [0.25, 0.3) is 0 Å². The van der Waals surface area contributed by atoms with Crippen LogP contribution in [0.5, 0.6) is 5.75 Å². The zero-order chi connectivity index (χ0) is 17.1. The third-order valence-electron chi connectivity index (χ3n) is 5.73. The van der Waals surface area contributed by atoms with Crippen LogP contribution in [-0.2, 0) is 6.54 Å². The molecule has 3 unspecified atom stereocenters. The van der Waals surface area contributed by atoms with Crippen LogP contribution in [0.15, 0.2) is 54.6 Å². The van der Waals surface area contributed by atoms with Crippen LogP contribution in [0.2, 0.25) is 0 Å². The Morgan fingerprint density at radius 1 is 0.920 bits per heavy atom. The van der Waals surface area contributed by atoms with Crippen LogP contribution >= 0.6 is 0 Å². The smallest absolute Gasteiger partial charge is 0.123 e. The van der Waals surface area contributed by atoms with E-state index in [1.165, 1.54) is 49.9 Å². The Balaban J connectivity index is 1.49.